The first-order valence-corrected chi connectivity index (χ1v) is 13.1. The highest BCUT2D eigenvalue weighted by atomic mass is 16.5. The van der Waals surface area contributed by atoms with Crippen molar-refractivity contribution in [3.63, 3.8) is 0 Å². The van der Waals surface area contributed by atoms with E-state index in [1.807, 2.05) is 72.8 Å². The van der Waals surface area contributed by atoms with Crippen LogP contribution in [0, 0.1) is 0 Å². The second-order valence-corrected chi connectivity index (χ2v) is 9.58. The fourth-order valence-corrected chi connectivity index (χ4v) is 5.11. The van der Waals surface area contributed by atoms with E-state index in [9.17, 15) is 4.79 Å². The Kier molecular flexibility index (Phi) is 6.67. The highest BCUT2D eigenvalue weighted by molar-refractivity contribution is 6.13. The van der Waals surface area contributed by atoms with E-state index in [4.69, 9.17) is 14.5 Å². The lowest BCUT2D eigenvalue weighted by Gasteiger charge is -2.13. The molecule has 8 nitrogen and oxygen atoms in total. The Morgan fingerprint density at radius 3 is 2.46 bits per heavy atom. The molecule has 0 fully saturated rings. The number of nitrogens with one attached hydrogen (secondary N) is 1. The number of fused-ring (bicyclic) bond motifs is 2. The molecule has 3 heterocycles. The molecule has 0 saturated carbocycles. The van der Waals surface area contributed by atoms with Crippen molar-refractivity contribution in [3.05, 3.63) is 84.2 Å². The van der Waals surface area contributed by atoms with E-state index in [-0.39, 0.29) is 5.91 Å². The number of para-hydroxylation sites is 1. The summed E-state index contributed by atoms with van der Waals surface area (Å²) in [6.07, 6.45) is 4.47. The lowest BCUT2D eigenvalue weighted by Crippen LogP contribution is -2.13. The number of carbonyl (C=O) groups excluding carboxylic acids is 1. The quantitative estimate of drug-likeness (QED) is 0.289. The summed E-state index contributed by atoms with van der Waals surface area (Å²) >= 11 is 0. The number of anilines is 1. The van der Waals surface area contributed by atoms with Gasteiger partial charge in [0.15, 0.2) is 17.3 Å². The normalized spacial score (nSPS) is 13.0. The number of aromatic nitrogens is 4. The molecule has 0 aliphatic carbocycles. The van der Waals surface area contributed by atoms with Crippen LogP contribution in [0.5, 0.6) is 11.5 Å². The lowest BCUT2D eigenvalue weighted by atomic mass is 10.0. The van der Waals surface area contributed by atoms with Crippen molar-refractivity contribution in [2.24, 2.45) is 0 Å². The summed E-state index contributed by atoms with van der Waals surface area (Å²) in [4.78, 5) is 18.4. The van der Waals surface area contributed by atoms with Gasteiger partial charge in [-0.2, -0.15) is 0 Å². The van der Waals surface area contributed by atoms with Crippen molar-refractivity contribution in [2.75, 3.05) is 19.5 Å². The van der Waals surface area contributed by atoms with Crippen LogP contribution in [-0.4, -0.2) is 39.9 Å². The summed E-state index contributed by atoms with van der Waals surface area (Å²) in [6, 6.07) is 22.9. The van der Waals surface area contributed by atoms with Gasteiger partial charge in [-0.05, 0) is 67.4 Å². The molecular weight excluding hydrogens is 490 g/mol. The van der Waals surface area contributed by atoms with Crippen LogP contribution in [0.3, 0.4) is 0 Å². The Morgan fingerprint density at radius 2 is 1.64 bits per heavy atom. The minimum absolute atomic E-state index is 0.209. The van der Waals surface area contributed by atoms with E-state index in [1.54, 1.807) is 14.2 Å². The average Bonchev–Trinajstić information content (AvgIpc) is 3.24. The number of benzene rings is 3. The van der Waals surface area contributed by atoms with Gasteiger partial charge in [0.05, 0.1) is 31.0 Å². The van der Waals surface area contributed by atoms with Gasteiger partial charge in [-0.3, -0.25) is 4.79 Å². The van der Waals surface area contributed by atoms with Crippen LogP contribution in [0.15, 0.2) is 72.8 Å². The van der Waals surface area contributed by atoms with Gasteiger partial charge in [0, 0.05) is 35.2 Å². The van der Waals surface area contributed by atoms with E-state index in [0.717, 1.165) is 59.5 Å². The molecule has 0 spiro atoms. The predicted octanol–water partition coefficient (Wildman–Crippen LogP) is 6.16. The SMILES string of the molecule is COc1ccc(-c2cc(C(=O)Nc3ccc(-c4nnc5n4CCCCC5)cc3)c3ccccc3n2)cc1OC. The standard InChI is InChI=1S/C31H29N5O3/c1-38-27-16-13-21(18-28(27)39-2)26-19-24(23-8-5-6-9-25(23)33-26)31(37)32-22-14-11-20(12-15-22)30-35-34-29-10-4-3-7-17-36(29)30/h5-6,8-9,11-16,18-19H,3-4,7,10,17H2,1-2H3,(H,32,37). The maximum atomic E-state index is 13.6. The molecule has 0 unspecified atom stereocenters. The topological polar surface area (TPSA) is 91.2 Å². The minimum atomic E-state index is -0.209. The van der Waals surface area contributed by atoms with Crippen LogP contribution >= 0.6 is 0 Å². The monoisotopic (exact) mass is 519 g/mol. The third kappa shape index (κ3) is 4.81. The molecule has 6 rings (SSSR count). The molecule has 0 atom stereocenters. The van der Waals surface area contributed by atoms with Gasteiger partial charge in [0.25, 0.3) is 5.91 Å². The highest BCUT2D eigenvalue weighted by Gasteiger charge is 2.18. The number of hydrogen-bond acceptors (Lipinski definition) is 6. The van der Waals surface area contributed by atoms with Gasteiger partial charge < -0.3 is 19.4 Å². The van der Waals surface area contributed by atoms with Crippen LogP contribution in [0.2, 0.25) is 0 Å². The third-order valence-electron chi connectivity index (χ3n) is 7.15. The molecule has 39 heavy (non-hydrogen) atoms. The first kappa shape index (κ1) is 24.6. The number of carbonyl (C=O) groups is 1. The molecule has 8 heteroatoms. The second kappa shape index (κ2) is 10.6. The average molecular weight is 520 g/mol. The van der Waals surface area contributed by atoms with Crippen molar-refractivity contribution in [3.8, 4) is 34.1 Å². The third-order valence-corrected chi connectivity index (χ3v) is 7.15. The van der Waals surface area contributed by atoms with Gasteiger partial charge in [-0.1, -0.05) is 24.6 Å². The molecule has 1 N–H and O–H groups in total. The number of methoxy groups -OCH3 is 2. The Morgan fingerprint density at radius 1 is 0.846 bits per heavy atom. The number of aryl methyl sites for hydroxylation is 1. The van der Waals surface area contributed by atoms with Crippen molar-refractivity contribution in [2.45, 2.75) is 32.2 Å². The zero-order valence-corrected chi connectivity index (χ0v) is 22.0. The van der Waals surface area contributed by atoms with Crippen molar-refractivity contribution in [1.82, 2.24) is 19.7 Å². The Balaban J connectivity index is 1.30. The number of ether oxygens (including phenoxy) is 2. The fraction of sp³-hybridized carbons (Fsp3) is 0.226. The summed E-state index contributed by atoms with van der Waals surface area (Å²) in [5, 5.41) is 12.7. The van der Waals surface area contributed by atoms with Gasteiger partial charge in [0.1, 0.15) is 5.82 Å². The summed E-state index contributed by atoms with van der Waals surface area (Å²) in [7, 11) is 3.20. The molecule has 1 aliphatic rings. The van der Waals surface area contributed by atoms with Crippen molar-refractivity contribution < 1.29 is 14.3 Å². The molecule has 0 radical (unpaired) electrons. The predicted molar refractivity (Wildman–Crippen MR) is 151 cm³/mol. The van der Waals surface area contributed by atoms with Gasteiger partial charge >= 0.3 is 0 Å². The van der Waals surface area contributed by atoms with Gasteiger partial charge in [-0.25, -0.2) is 4.98 Å². The summed E-state index contributed by atoms with van der Waals surface area (Å²) in [5.74, 6) is 2.95. The highest BCUT2D eigenvalue weighted by Crippen LogP contribution is 2.33. The largest absolute Gasteiger partial charge is 0.493 e. The van der Waals surface area contributed by atoms with Crippen molar-refractivity contribution in [1.29, 1.82) is 0 Å². The minimum Gasteiger partial charge on any atom is -0.493 e. The van der Waals surface area contributed by atoms with Crippen LogP contribution in [0.4, 0.5) is 5.69 Å². The molecule has 3 aromatic carbocycles. The zero-order chi connectivity index (χ0) is 26.8. The first-order valence-electron chi connectivity index (χ1n) is 13.1. The molecule has 1 aliphatic heterocycles. The maximum Gasteiger partial charge on any atom is 0.256 e. The van der Waals surface area contributed by atoms with E-state index >= 15 is 0 Å². The smallest absolute Gasteiger partial charge is 0.256 e. The summed E-state index contributed by atoms with van der Waals surface area (Å²) in [6.45, 7) is 0.938. The zero-order valence-electron chi connectivity index (χ0n) is 22.0. The van der Waals surface area contributed by atoms with E-state index in [1.165, 1.54) is 6.42 Å². The van der Waals surface area contributed by atoms with Crippen LogP contribution in [-0.2, 0) is 13.0 Å². The maximum absolute atomic E-state index is 13.6. The Labute approximate surface area is 226 Å². The van der Waals surface area contributed by atoms with Gasteiger partial charge in [-0.15, -0.1) is 10.2 Å². The Bertz CT molecular complexity index is 1660. The summed E-state index contributed by atoms with van der Waals surface area (Å²) < 4.78 is 13.1. The van der Waals surface area contributed by atoms with Crippen LogP contribution in [0.25, 0.3) is 33.5 Å². The molecule has 0 bridgehead atoms. The number of nitrogens with zero attached hydrogens (tertiary/aromatic N) is 4. The molecule has 0 saturated heterocycles. The van der Waals surface area contributed by atoms with Crippen LogP contribution < -0.4 is 14.8 Å². The van der Waals surface area contributed by atoms with E-state index in [2.05, 4.69) is 20.1 Å². The first-order chi connectivity index (χ1) is 19.1. The van der Waals surface area contributed by atoms with Gasteiger partial charge in [0.2, 0.25) is 0 Å². The molecule has 1 amide bonds. The van der Waals surface area contributed by atoms with Crippen LogP contribution in [0.1, 0.15) is 35.4 Å². The number of pyridine rings is 1. The molecular formula is C31H29N5O3. The second-order valence-electron chi connectivity index (χ2n) is 9.58. The molecule has 5 aromatic rings. The fourth-order valence-electron chi connectivity index (χ4n) is 5.11. The van der Waals surface area contributed by atoms with Crippen molar-refractivity contribution >= 4 is 22.5 Å². The van der Waals surface area contributed by atoms with E-state index in [0.29, 0.717) is 28.4 Å². The number of rotatable bonds is 6. The molecule has 196 valence electrons. The summed E-state index contributed by atoms with van der Waals surface area (Å²) in [5.41, 5.74) is 4.45. The number of hydrogen-bond donors (Lipinski definition) is 1. The lowest BCUT2D eigenvalue weighted by molar-refractivity contribution is 0.102. The van der Waals surface area contributed by atoms with E-state index < -0.39 is 0 Å². The molecule has 2 aromatic heterocycles. The Hall–Kier alpha value is -4.72. The number of amides is 1.